The molecule has 3 heterocycles. The Hall–Kier alpha value is -1.83. The zero-order valence-electron chi connectivity index (χ0n) is 15.7. The van der Waals surface area contributed by atoms with Gasteiger partial charge in [-0.15, -0.1) is 0 Å². The summed E-state index contributed by atoms with van der Waals surface area (Å²) in [7, 11) is 0. The summed E-state index contributed by atoms with van der Waals surface area (Å²) in [6.45, 7) is 5.19. The van der Waals surface area contributed by atoms with Gasteiger partial charge >= 0.3 is 0 Å². The number of piperazine rings is 1. The van der Waals surface area contributed by atoms with Crippen LogP contribution in [0.3, 0.4) is 0 Å². The van der Waals surface area contributed by atoms with Crippen molar-refractivity contribution in [3.05, 3.63) is 42.2 Å². The number of thioether (sulfide) groups is 1. The molecule has 0 unspecified atom stereocenters. The molecule has 6 nitrogen and oxygen atoms in total. The van der Waals surface area contributed by atoms with Crippen LogP contribution in [-0.2, 0) is 4.74 Å². The van der Waals surface area contributed by atoms with E-state index in [1.54, 1.807) is 18.0 Å². The largest absolute Gasteiger partial charge is 0.377 e. The SMILES string of the molecule is CSc1ncc(C(=O)N2CCN(C[C@@H]3CCCO3)CC2)n1-c1ccccc1. The summed E-state index contributed by atoms with van der Waals surface area (Å²) >= 11 is 1.55. The normalized spacial score (nSPS) is 20.9. The Kier molecular flexibility index (Phi) is 5.80. The molecule has 144 valence electrons. The summed E-state index contributed by atoms with van der Waals surface area (Å²) in [6, 6.07) is 9.97. The van der Waals surface area contributed by atoms with Crippen LogP contribution in [0.4, 0.5) is 0 Å². The van der Waals surface area contributed by atoms with E-state index in [-0.39, 0.29) is 5.91 Å². The highest BCUT2D eigenvalue weighted by Gasteiger charge is 2.28. The van der Waals surface area contributed by atoms with Crippen molar-refractivity contribution in [3.63, 3.8) is 0 Å². The third kappa shape index (κ3) is 4.05. The van der Waals surface area contributed by atoms with E-state index in [4.69, 9.17) is 4.74 Å². The maximum atomic E-state index is 13.2. The first kappa shape index (κ1) is 18.5. The van der Waals surface area contributed by atoms with Crippen LogP contribution >= 0.6 is 11.8 Å². The van der Waals surface area contributed by atoms with Crippen LogP contribution < -0.4 is 0 Å². The van der Waals surface area contributed by atoms with E-state index in [0.717, 1.165) is 56.6 Å². The Bertz CT molecular complexity index is 766. The second kappa shape index (κ2) is 8.46. The Morgan fingerprint density at radius 2 is 2.00 bits per heavy atom. The number of amides is 1. The maximum absolute atomic E-state index is 13.2. The molecule has 1 amide bonds. The van der Waals surface area contributed by atoms with Gasteiger partial charge in [0.15, 0.2) is 5.16 Å². The summed E-state index contributed by atoms with van der Waals surface area (Å²) in [5.41, 5.74) is 1.61. The van der Waals surface area contributed by atoms with Gasteiger partial charge in [0, 0.05) is 45.0 Å². The van der Waals surface area contributed by atoms with Gasteiger partial charge in [-0.1, -0.05) is 30.0 Å². The monoisotopic (exact) mass is 386 g/mol. The third-order valence-corrected chi connectivity index (χ3v) is 5.94. The molecule has 2 aromatic rings. The molecule has 0 bridgehead atoms. The van der Waals surface area contributed by atoms with E-state index in [1.807, 2.05) is 46.1 Å². The quantitative estimate of drug-likeness (QED) is 0.739. The van der Waals surface area contributed by atoms with Gasteiger partial charge < -0.3 is 9.64 Å². The number of carbonyl (C=O) groups is 1. The lowest BCUT2D eigenvalue weighted by molar-refractivity contribution is 0.0428. The van der Waals surface area contributed by atoms with E-state index >= 15 is 0 Å². The first-order chi connectivity index (χ1) is 13.3. The first-order valence-electron chi connectivity index (χ1n) is 9.56. The van der Waals surface area contributed by atoms with Gasteiger partial charge in [-0.25, -0.2) is 4.98 Å². The summed E-state index contributed by atoms with van der Waals surface area (Å²) in [6.07, 6.45) is 6.40. The molecule has 1 atom stereocenters. The number of carbonyl (C=O) groups excluding carboxylic acids is 1. The highest BCUT2D eigenvalue weighted by atomic mass is 32.2. The van der Waals surface area contributed by atoms with E-state index in [2.05, 4.69) is 9.88 Å². The zero-order valence-corrected chi connectivity index (χ0v) is 16.5. The molecular formula is C20H26N4O2S. The highest BCUT2D eigenvalue weighted by Crippen LogP contribution is 2.23. The molecule has 2 aliphatic rings. The van der Waals surface area contributed by atoms with Crippen molar-refractivity contribution in [2.24, 2.45) is 0 Å². The molecule has 2 aliphatic heterocycles. The Morgan fingerprint density at radius 1 is 1.22 bits per heavy atom. The number of nitrogens with zero attached hydrogens (tertiary/aromatic N) is 4. The topological polar surface area (TPSA) is 50.6 Å². The zero-order chi connectivity index (χ0) is 18.6. The molecule has 7 heteroatoms. The summed E-state index contributed by atoms with van der Waals surface area (Å²) in [5.74, 6) is 0.0587. The van der Waals surface area contributed by atoms with Crippen LogP contribution in [0.5, 0.6) is 0 Å². The Morgan fingerprint density at radius 3 is 2.67 bits per heavy atom. The van der Waals surface area contributed by atoms with E-state index in [1.165, 1.54) is 6.42 Å². The molecule has 0 radical (unpaired) electrons. The number of ether oxygens (including phenoxy) is 1. The minimum absolute atomic E-state index is 0.0587. The summed E-state index contributed by atoms with van der Waals surface area (Å²) < 4.78 is 7.71. The fourth-order valence-electron chi connectivity index (χ4n) is 3.83. The number of aromatic nitrogens is 2. The molecule has 0 spiro atoms. The number of hydrogen-bond acceptors (Lipinski definition) is 5. The number of hydrogen-bond donors (Lipinski definition) is 0. The third-order valence-electron chi connectivity index (χ3n) is 5.29. The maximum Gasteiger partial charge on any atom is 0.272 e. The molecule has 0 saturated carbocycles. The molecule has 0 aliphatic carbocycles. The molecule has 1 aromatic carbocycles. The van der Waals surface area contributed by atoms with Gasteiger partial charge in [0.1, 0.15) is 5.69 Å². The molecule has 0 N–H and O–H groups in total. The lowest BCUT2D eigenvalue weighted by Crippen LogP contribution is -2.50. The van der Waals surface area contributed by atoms with Crippen LogP contribution in [0, 0.1) is 0 Å². The second-order valence-corrected chi connectivity index (χ2v) is 7.80. The number of para-hydroxylation sites is 1. The minimum Gasteiger partial charge on any atom is -0.377 e. The fourth-order valence-corrected chi connectivity index (χ4v) is 4.37. The van der Waals surface area contributed by atoms with Crippen molar-refractivity contribution in [1.29, 1.82) is 0 Å². The molecule has 27 heavy (non-hydrogen) atoms. The molecule has 4 rings (SSSR count). The fraction of sp³-hybridized carbons (Fsp3) is 0.500. The molecule has 1 aromatic heterocycles. The van der Waals surface area contributed by atoms with E-state index in [0.29, 0.717) is 11.8 Å². The minimum atomic E-state index is 0.0587. The smallest absolute Gasteiger partial charge is 0.272 e. The van der Waals surface area contributed by atoms with Gasteiger partial charge in [-0.05, 0) is 31.2 Å². The van der Waals surface area contributed by atoms with Gasteiger partial charge in [0.05, 0.1) is 12.3 Å². The second-order valence-electron chi connectivity index (χ2n) is 7.03. The first-order valence-corrected chi connectivity index (χ1v) is 10.8. The van der Waals surface area contributed by atoms with Gasteiger partial charge in [0.2, 0.25) is 0 Å². The molecular weight excluding hydrogens is 360 g/mol. The van der Waals surface area contributed by atoms with Crippen LogP contribution in [0.2, 0.25) is 0 Å². The predicted molar refractivity (Wildman–Crippen MR) is 107 cm³/mol. The number of benzene rings is 1. The van der Waals surface area contributed by atoms with Crippen LogP contribution in [-0.4, -0.2) is 76.9 Å². The predicted octanol–water partition coefficient (Wildman–Crippen LogP) is 2.53. The van der Waals surface area contributed by atoms with E-state index < -0.39 is 0 Å². The van der Waals surface area contributed by atoms with Gasteiger partial charge in [-0.3, -0.25) is 14.3 Å². The van der Waals surface area contributed by atoms with Crippen molar-refractivity contribution >= 4 is 17.7 Å². The standard InChI is InChI=1S/C20H26N4O2S/c1-27-20-21-14-18(24(20)16-6-3-2-4-7-16)19(25)23-11-9-22(10-12-23)15-17-8-5-13-26-17/h2-4,6-7,14,17H,5,8-13,15H2,1H3/t17-/m0/s1. The Balaban J connectivity index is 1.45. The van der Waals surface area contributed by atoms with Gasteiger partial charge in [-0.2, -0.15) is 0 Å². The molecule has 2 fully saturated rings. The van der Waals surface area contributed by atoms with Crippen molar-refractivity contribution in [2.75, 3.05) is 45.6 Å². The van der Waals surface area contributed by atoms with Crippen molar-refractivity contribution in [1.82, 2.24) is 19.4 Å². The Labute approximate surface area is 164 Å². The highest BCUT2D eigenvalue weighted by molar-refractivity contribution is 7.98. The van der Waals surface area contributed by atoms with Crippen LogP contribution in [0.15, 0.2) is 41.7 Å². The average Bonchev–Trinajstić information content (AvgIpc) is 3.38. The van der Waals surface area contributed by atoms with Crippen molar-refractivity contribution < 1.29 is 9.53 Å². The van der Waals surface area contributed by atoms with Crippen molar-refractivity contribution in [3.8, 4) is 5.69 Å². The van der Waals surface area contributed by atoms with Crippen molar-refractivity contribution in [2.45, 2.75) is 24.1 Å². The summed E-state index contributed by atoms with van der Waals surface area (Å²) in [4.78, 5) is 22.0. The number of rotatable bonds is 5. The van der Waals surface area contributed by atoms with Gasteiger partial charge in [0.25, 0.3) is 5.91 Å². The van der Waals surface area contributed by atoms with Crippen LogP contribution in [0.25, 0.3) is 5.69 Å². The molecule has 2 saturated heterocycles. The van der Waals surface area contributed by atoms with E-state index in [9.17, 15) is 4.79 Å². The van der Waals surface area contributed by atoms with Crippen LogP contribution in [0.1, 0.15) is 23.3 Å². The number of imidazole rings is 1. The summed E-state index contributed by atoms with van der Waals surface area (Å²) in [5, 5.41) is 0.835. The average molecular weight is 387 g/mol. The lowest BCUT2D eigenvalue weighted by atomic mass is 10.2. The lowest BCUT2D eigenvalue weighted by Gasteiger charge is -2.35.